The first-order chi connectivity index (χ1) is 8.21. The van der Waals surface area contributed by atoms with Crippen molar-refractivity contribution < 1.29 is 9.15 Å². The summed E-state index contributed by atoms with van der Waals surface area (Å²) < 4.78 is 4.96. The van der Waals surface area contributed by atoms with Gasteiger partial charge in [0.05, 0.1) is 13.1 Å². The van der Waals surface area contributed by atoms with Crippen LogP contribution >= 0.6 is 0 Å². The molecule has 4 heterocycles. The molecule has 0 aromatic heterocycles. The Labute approximate surface area is 101 Å². The molecule has 4 aliphatic heterocycles. The monoisotopic (exact) mass is 230 g/mol. The number of rotatable bonds is 0. The number of nitrogens with zero attached hydrogens (tertiary/aromatic N) is 4. The molecule has 4 aliphatic rings. The number of hydrogen-bond donors (Lipinski definition) is 0. The molecule has 0 aromatic carbocycles. The van der Waals surface area contributed by atoms with Gasteiger partial charge in [-0.15, -0.1) is 9.15 Å². The Hall–Kier alpha value is -1.58. The van der Waals surface area contributed by atoms with E-state index < -0.39 is 0 Å². The first-order valence-electron chi connectivity index (χ1n) is 6.35. The highest BCUT2D eigenvalue weighted by Gasteiger charge is 2.70. The Bertz CT molecular complexity index is 476. The summed E-state index contributed by atoms with van der Waals surface area (Å²) in [7, 11) is 0. The summed E-state index contributed by atoms with van der Waals surface area (Å²) in [5, 5.41) is 0. The van der Waals surface area contributed by atoms with Gasteiger partial charge in [0.1, 0.15) is 0 Å². The zero-order chi connectivity index (χ0) is 11.6. The van der Waals surface area contributed by atoms with Gasteiger partial charge in [0.15, 0.2) is 25.5 Å². The van der Waals surface area contributed by atoms with Crippen molar-refractivity contribution in [3.05, 3.63) is 23.5 Å². The molecule has 0 bridgehead atoms. The van der Waals surface area contributed by atoms with Gasteiger partial charge < -0.3 is 0 Å². The van der Waals surface area contributed by atoms with Crippen LogP contribution < -0.4 is 0 Å². The third kappa shape index (κ3) is 0.949. The lowest BCUT2D eigenvalue weighted by molar-refractivity contribution is -0.837. The van der Waals surface area contributed by atoms with E-state index in [0.717, 1.165) is 26.2 Å². The minimum atomic E-state index is -0.0565. The van der Waals surface area contributed by atoms with Crippen molar-refractivity contribution in [2.45, 2.75) is 19.8 Å². The second-order valence-corrected chi connectivity index (χ2v) is 5.38. The van der Waals surface area contributed by atoms with Gasteiger partial charge in [-0.25, -0.2) is 9.80 Å². The first-order valence-corrected chi connectivity index (χ1v) is 6.35. The minimum absolute atomic E-state index is 0.0565. The highest BCUT2D eigenvalue weighted by Crippen LogP contribution is 2.37. The maximum Gasteiger partial charge on any atom is 0.533 e. The van der Waals surface area contributed by atoms with Gasteiger partial charge in [-0.3, -0.25) is 0 Å². The molecule has 1 spiro atoms. The summed E-state index contributed by atoms with van der Waals surface area (Å²) in [6, 6.07) is 0. The van der Waals surface area contributed by atoms with E-state index >= 15 is 0 Å². The molecule has 4 heteroatoms. The average molecular weight is 230 g/mol. The standard InChI is InChI=1S/C13H18N4/c1-11-7-14-3-5-16-9-12(2)10-17-6-4-15(8-11)13(14,16)17/h7-10H,3-6H2,1-2H3/q+2. The Morgan fingerprint density at radius 3 is 1.88 bits per heavy atom. The number of allylic oxidation sites excluding steroid dienone is 2. The summed E-state index contributed by atoms with van der Waals surface area (Å²) >= 11 is 0. The molecule has 17 heavy (non-hydrogen) atoms. The summed E-state index contributed by atoms with van der Waals surface area (Å²) in [6.07, 6.45) is 9.21. The smallest absolute Gasteiger partial charge is 0.232 e. The average Bonchev–Trinajstić information content (AvgIpc) is 2.81. The van der Waals surface area contributed by atoms with E-state index in [0.29, 0.717) is 0 Å². The van der Waals surface area contributed by atoms with Gasteiger partial charge in [-0.2, -0.15) is 0 Å². The van der Waals surface area contributed by atoms with Gasteiger partial charge in [-0.05, 0) is 13.8 Å². The highest BCUT2D eigenvalue weighted by molar-refractivity contribution is 5.76. The topological polar surface area (TPSA) is 12.5 Å². The van der Waals surface area contributed by atoms with Crippen molar-refractivity contribution in [1.29, 1.82) is 0 Å². The second-order valence-electron chi connectivity index (χ2n) is 5.38. The van der Waals surface area contributed by atoms with Crippen molar-refractivity contribution in [2.75, 3.05) is 26.2 Å². The van der Waals surface area contributed by atoms with E-state index in [1.165, 1.54) is 11.1 Å². The largest absolute Gasteiger partial charge is 0.533 e. The molecule has 0 unspecified atom stereocenters. The third-order valence-electron chi connectivity index (χ3n) is 4.14. The van der Waals surface area contributed by atoms with E-state index in [9.17, 15) is 0 Å². The van der Waals surface area contributed by atoms with Crippen molar-refractivity contribution in [3.8, 4) is 0 Å². The minimum Gasteiger partial charge on any atom is -0.232 e. The van der Waals surface area contributed by atoms with Gasteiger partial charge in [-0.1, -0.05) is 0 Å². The Morgan fingerprint density at radius 1 is 0.941 bits per heavy atom. The van der Waals surface area contributed by atoms with Crippen LogP contribution in [-0.4, -0.2) is 63.5 Å². The van der Waals surface area contributed by atoms with Crippen LogP contribution in [0.5, 0.6) is 0 Å². The van der Waals surface area contributed by atoms with Crippen LogP contribution in [0.1, 0.15) is 13.8 Å². The molecular formula is C13H18N4+2. The SMILES string of the molecule is CC1=CN2CC[N+]3=CC(C)=CN4CC[N+](=C1)C423. The molecule has 4 rings (SSSR count). The van der Waals surface area contributed by atoms with E-state index in [1.54, 1.807) is 0 Å². The fraction of sp³-hybridized carbons (Fsp3) is 0.538. The molecule has 0 radical (unpaired) electrons. The van der Waals surface area contributed by atoms with E-state index in [1.807, 2.05) is 0 Å². The van der Waals surface area contributed by atoms with Crippen molar-refractivity contribution in [1.82, 2.24) is 9.80 Å². The molecule has 0 amide bonds. The van der Waals surface area contributed by atoms with Crippen LogP contribution in [0, 0.1) is 0 Å². The Kier molecular flexibility index (Phi) is 1.56. The van der Waals surface area contributed by atoms with Gasteiger partial charge in [0.2, 0.25) is 0 Å². The fourth-order valence-electron chi connectivity index (χ4n) is 3.68. The predicted molar refractivity (Wildman–Crippen MR) is 66.0 cm³/mol. The fourth-order valence-corrected chi connectivity index (χ4v) is 3.68. The lowest BCUT2D eigenvalue weighted by Crippen LogP contribution is -2.64. The van der Waals surface area contributed by atoms with Crippen LogP contribution in [0.3, 0.4) is 0 Å². The molecule has 2 fully saturated rings. The quantitative estimate of drug-likeness (QED) is 0.552. The molecule has 0 atom stereocenters. The van der Waals surface area contributed by atoms with Gasteiger partial charge >= 0.3 is 5.91 Å². The molecule has 4 nitrogen and oxygen atoms in total. The molecule has 0 aromatic rings. The van der Waals surface area contributed by atoms with Gasteiger partial charge in [0, 0.05) is 23.5 Å². The first kappa shape index (κ1) is 9.45. The molecule has 2 saturated heterocycles. The summed E-state index contributed by atoms with van der Waals surface area (Å²) in [5.74, 6) is -0.0565. The molecule has 0 saturated carbocycles. The van der Waals surface area contributed by atoms with Crippen LogP contribution in [-0.2, 0) is 0 Å². The Morgan fingerprint density at radius 2 is 1.41 bits per heavy atom. The summed E-state index contributed by atoms with van der Waals surface area (Å²) in [4.78, 5) is 4.96. The molecular weight excluding hydrogens is 212 g/mol. The lowest BCUT2D eigenvalue weighted by Gasteiger charge is -2.33. The zero-order valence-corrected chi connectivity index (χ0v) is 10.4. The Balaban J connectivity index is 1.96. The van der Waals surface area contributed by atoms with Crippen molar-refractivity contribution >= 4 is 12.4 Å². The maximum absolute atomic E-state index is 2.48. The third-order valence-corrected chi connectivity index (χ3v) is 4.14. The van der Waals surface area contributed by atoms with Crippen molar-refractivity contribution in [3.63, 3.8) is 0 Å². The van der Waals surface area contributed by atoms with E-state index in [2.05, 4.69) is 57.6 Å². The van der Waals surface area contributed by atoms with Crippen LogP contribution in [0.25, 0.3) is 0 Å². The normalized spacial score (nSPS) is 28.1. The molecule has 88 valence electrons. The maximum atomic E-state index is 2.48. The van der Waals surface area contributed by atoms with Gasteiger partial charge in [0.25, 0.3) is 0 Å². The molecule has 0 N–H and O–H groups in total. The summed E-state index contributed by atoms with van der Waals surface area (Å²) in [5.41, 5.74) is 2.70. The second kappa shape index (κ2) is 2.81. The van der Waals surface area contributed by atoms with Crippen molar-refractivity contribution in [2.24, 2.45) is 0 Å². The van der Waals surface area contributed by atoms with Crippen LogP contribution in [0.4, 0.5) is 0 Å². The number of hydrogen-bond acceptors (Lipinski definition) is 2. The van der Waals surface area contributed by atoms with Crippen LogP contribution in [0.2, 0.25) is 0 Å². The zero-order valence-electron chi connectivity index (χ0n) is 10.4. The summed E-state index contributed by atoms with van der Waals surface area (Å²) in [6.45, 7) is 8.80. The lowest BCUT2D eigenvalue weighted by atomic mass is 10.2. The molecule has 0 aliphatic carbocycles. The predicted octanol–water partition coefficient (Wildman–Crippen LogP) is 0.230. The van der Waals surface area contributed by atoms with Crippen LogP contribution in [0.15, 0.2) is 23.5 Å². The highest BCUT2D eigenvalue weighted by atomic mass is 15.7. The van der Waals surface area contributed by atoms with E-state index in [4.69, 9.17) is 0 Å². The van der Waals surface area contributed by atoms with E-state index in [-0.39, 0.29) is 5.91 Å².